The fourth-order valence-electron chi connectivity index (χ4n) is 4.79. The molecule has 13 nitrogen and oxygen atoms in total. The molecular formula is C27H32BrClN4O9. The summed E-state index contributed by atoms with van der Waals surface area (Å²) < 4.78 is 11.4. The number of amides is 2. The van der Waals surface area contributed by atoms with E-state index in [9.17, 15) is 34.8 Å². The van der Waals surface area contributed by atoms with Crippen molar-refractivity contribution >= 4 is 56.8 Å². The quantitative estimate of drug-likeness (QED) is 0.241. The lowest BCUT2D eigenvalue weighted by atomic mass is 9.95. The number of benzene rings is 1. The van der Waals surface area contributed by atoms with Crippen LogP contribution in [0.3, 0.4) is 0 Å². The number of carbonyl (C=O) groups is 3. The molecule has 1 unspecified atom stereocenters. The molecule has 1 aromatic carbocycles. The lowest BCUT2D eigenvalue weighted by Crippen LogP contribution is -2.61. The van der Waals surface area contributed by atoms with Crippen LogP contribution in [0.25, 0.3) is 0 Å². The van der Waals surface area contributed by atoms with E-state index in [-0.39, 0.29) is 34.6 Å². The third-order valence-corrected chi connectivity index (χ3v) is 7.90. The zero-order valence-electron chi connectivity index (χ0n) is 22.7. The Morgan fingerprint density at radius 2 is 1.79 bits per heavy atom. The molecule has 2 aliphatic rings. The maximum atomic E-state index is 13.5. The normalized spacial score (nSPS) is 25.2. The van der Waals surface area contributed by atoms with Crippen LogP contribution < -0.4 is 15.4 Å². The van der Waals surface area contributed by atoms with Gasteiger partial charge in [0.25, 0.3) is 5.91 Å². The summed E-state index contributed by atoms with van der Waals surface area (Å²) in [6.07, 6.45) is -6.89. The molecule has 228 valence electrons. The topological polar surface area (TPSA) is 191 Å². The standard InChI is InChI=1S/C27H32BrClN4O9/c1-12(2)33-7-5-13(6-8-33)24(37)32-19-16(25(38)31-18-4-3-15(29)11-30-18)9-14(28)10-17(19)41-27-22(36)20(34)21(35)23(42-27)26(39)40/h3-4,9-13,20-23,27,34-36H,5-8H2,1-2H3,(H,32,37)(H,39,40)(H,30,31,38)/t20-,21-,22+,23-,27?/m0/s1. The molecule has 3 heterocycles. The number of pyridine rings is 1. The van der Waals surface area contributed by atoms with Crippen LogP contribution in [0.15, 0.2) is 34.9 Å². The van der Waals surface area contributed by atoms with Crippen molar-refractivity contribution in [2.24, 2.45) is 5.92 Å². The van der Waals surface area contributed by atoms with E-state index >= 15 is 0 Å². The highest BCUT2D eigenvalue weighted by Crippen LogP contribution is 2.37. The molecule has 2 amide bonds. The molecule has 1 aromatic heterocycles. The van der Waals surface area contributed by atoms with Crippen LogP contribution in [-0.2, 0) is 14.3 Å². The number of carboxylic acids is 1. The first-order valence-corrected chi connectivity index (χ1v) is 14.4. The predicted molar refractivity (Wildman–Crippen MR) is 154 cm³/mol. The molecule has 2 aliphatic heterocycles. The van der Waals surface area contributed by atoms with Crippen LogP contribution in [0.5, 0.6) is 5.75 Å². The van der Waals surface area contributed by atoms with Gasteiger partial charge in [-0.2, -0.15) is 0 Å². The Kier molecular flexibility index (Phi) is 10.4. The van der Waals surface area contributed by atoms with Gasteiger partial charge in [-0.15, -0.1) is 0 Å². The van der Waals surface area contributed by atoms with E-state index in [1.165, 1.54) is 30.5 Å². The number of aliphatic hydroxyl groups is 3. The van der Waals surface area contributed by atoms with E-state index in [1.54, 1.807) is 0 Å². The highest BCUT2D eigenvalue weighted by atomic mass is 79.9. The Bertz CT molecular complexity index is 1310. The number of halogens is 2. The SMILES string of the molecule is CC(C)N1CCC(C(=O)Nc2c(OC3O[C@H](C(=O)O)[C@@H](O)[C@H](O)[C@H]3O)cc(Br)cc2C(=O)Nc2ccc(Cl)cn2)CC1. The number of hydrogen-bond donors (Lipinski definition) is 6. The van der Waals surface area contributed by atoms with Gasteiger partial charge in [0.1, 0.15) is 29.9 Å². The number of carbonyl (C=O) groups excluding carboxylic acids is 2. The monoisotopic (exact) mass is 670 g/mol. The van der Waals surface area contributed by atoms with E-state index in [2.05, 4.69) is 50.3 Å². The number of ether oxygens (including phenoxy) is 2. The summed E-state index contributed by atoms with van der Waals surface area (Å²) in [5.74, 6) is -2.98. The summed E-state index contributed by atoms with van der Waals surface area (Å²) >= 11 is 9.20. The maximum absolute atomic E-state index is 13.5. The third kappa shape index (κ3) is 7.37. The summed E-state index contributed by atoms with van der Waals surface area (Å²) in [6, 6.07) is 6.18. The predicted octanol–water partition coefficient (Wildman–Crippen LogP) is 2.08. The number of likely N-dealkylation sites (tertiary alicyclic amines) is 1. The molecule has 0 aliphatic carbocycles. The van der Waals surface area contributed by atoms with E-state index < -0.39 is 42.6 Å². The number of aromatic nitrogens is 1. The maximum Gasteiger partial charge on any atom is 0.335 e. The molecule has 5 atom stereocenters. The Morgan fingerprint density at radius 3 is 2.38 bits per heavy atom. The molecule has 0 spiro atoms. The second-order valence-electron chi connectivity index (χ2n) is 10.4. The molecule has 0 bridgehead atoms. The fraction of sp³-hybridized carbons (Fsp3) is 0.481. The smallest absolute Gasteiger partial charge is 0.335 e. The van der Waals surface area contributed by atoms with Crippen molar-refractivity contribution in [1.82, 2.24) is 9.88 Å². The highest BCUT2D eigenvalue weighted by molar-refractivity contribution is 9.10. The Labute approximate surface area is 254 Å². The van der Waals surface area contributed by atoms with Gasteiger partial charge in [-0.3, -0.25) is 9.59 Å². The molecule has 2 fully saturated rings. The first kappa shape index (κ1) is 32.1. The van der Waals surface area contributed by atoms with Crippen LogP contribution in [0.2, 0.25) is 5.02 Å². The number of piperidine rings is 1. The van der Waals surface area contributed by atoms with Crippen molar-refractivity contribution < 1.29 is 44.3 Å². The molecule has 6 N–H and O–H groups in total. The van der Waals surface area contributed by atoms with Gasteiger partial charge in [0.15, 0.2) is 6.10 Å². The Hall–Kier alpha value is -2.85. The Morgan fingerprint density at radius 1 is 1.10 bits per heavy atom. The van der Waals surface area contributed by atoms with Crippen LogP contribution in [0.4, 0.5) is 11.5 Å². The third-order valence-electron chi connectivity index (χ3n) is 7.22. The number of aliphatic carboxylic acids is 1. The molecule has 0 radical (unpaired) electrons. The fourth-order valence-corrected chi connectivity index (χ4v) is 5.34. The summed E-state index contributed by atoms with van der Waals surface area (Å²) in [5.41, 5.74) is -0.131. The van der Waals surface area contributed by atoms with Gasteiger partial charge in [0.05, 0.1) is 16.3 Å². The number of aliphatic hydroxyl groups excluding tert-OH is 3. The lowest BCUT2D eigenvalue weighted by Gasteiger charge is -2.38. The van der Waals surface area contributed by atoms with Crippen LogP contribution >= 0.6 is 27.5 Å². The lowest BCUT2D eigenvalue weighted by molar-refractivity contribution is -0.271. The van der Waals surface area contributed by atoms with Gasteiger partial charge in [0.2, 0.25) is 12.2 Å². The molecule has 42 heavy (non-hydrogen) atoms. The molecule has 2 saturated heterocycles. The summed E-state index contributed by atoms with van der Waals surface area (Å²) in [7, 11) is 0. The van der Waals surface area contributed by atoms with Crippen molar-refractivity contribution in [3.8, 4) is 5.75 Å². The molecule has 4 rings (SSSR count). The van der Waals surface area contributed by atoms with Gasteiger partial charge in [-0.05, 0) is 64.0 Å². The zero-order chi connectivity index (χ0) is 30.7. The van der Waals surface area contributed by atoms with E-state index in [0.29, 0.717) is 41.5 Å². The average molecular weight is 672 g/mol. The second kappa shape index (κ2) is 13.6. The molecule has 2 aromatic rings. The van der Waals surface area contributed by atoms with Gasteiger partial charge in [-0.1, -0.05) is 27.5 Å². The first-order valence-electron chi connectivity index (χ1n) is 13.3. The summed E-state index contributed by atoms with van der Waals surface area (Å²) in [4.78, 5) is 44.8. The van der Waals surface area contributed by atoms with Crippen molar-refractivity contribution in [3.63, 3.8) is 0 Å². The van der Waals surface area contributed by atoms with Crippen molar-refractivity contribution in [1.29, 1.82) is 0 Å². The van der Waals surface area contributed by atoms with Crippen LogP contribution in [0, 0.1) is 5.92 Å². The number of rotatable bonds is 8. The van der Waals surface area contributed by atoms with Crippen molar-refractivity contribution in [2.75, 3.05) is 23.7 Å². The largest absolute Gasteiger partial charge is 0.479 e. The molecule has 0 saturated carbocycles. The van der Waals surface area contributed by atoms with E-state index in [0.717, 1.165) is 0 Å². The summed E-state index contributed by atoms with van der Waals surface area (Å²) in [6.45, 7) is 5.60. The zero-order valence-corrected chi connectivity index (χ0v) is 25.1. The van der Waals surface area contributed by atoms with Crippen molar-refractivity contribution in [2.45, 2.75) is 63.4 Å². The number of hydrogen-bond acceptors (Lipinski definition) is 10. The Balaban J connectivity index is 1.67. The van der Waals surface area contributed by atoms with E-state index in [4.69, 9.17) is 21.1 Å². The first-order chi connectivity index (χ1) is 19.8. The van der Waals surface area contributed by atoms with Gasteiger partial charge in [0, 0.05) is 22.6 Å². The van der Waals surface area contributed by atoms with Crippen LogP contribution in [0.1, 0.15) is 37.0 Å². The number of carboxylic acid groups (broad SMARTS) is 1. The summed E-state index contributed by atoms with van der Waals surface area (Å²) in [5, 5.41) is 46.0. The average Bonchev–Trinajstić information content (AvgIpc) is 2.95. The van der Waals surface area contributed by atoms with Gasteiger partial charge < -0.3 is 45.4 Å². The number of nitrogens with zero attached hydrogens (tertiary/aromatic N) is 2. The van der Waals surface area contributed by atoms with Crippen molar-refractivity contribution in [3.05, 3.63) is 45.5 Å². The minimum Gasteiger partial charge on any atom is -0.479 e. The minimum atomic E-state index is -1.93. The van der Waals surface area contributed by atoms with E-state index in [1.807, 2.05) is 0 Å². The van der Waals surface area contributed by atoms with Gasteiger partial charge in [-0.25, -0.2) is 9.78 Å². The minimum absolute atomic E-state index is 0.0511. The number of anilines is 2. The number of nitrogens with one attached hydrogen (secondary N) is 2. The molecule has 15 heteroatoms. The molecular weight excluding hydrogens is 640 g/mol. The second-order valence-corrected chi connectivity index (χ2v) is 11.7. The highest BCUT2D eigenvalue weighted by Gasteiger charge is 2.48. The van der Waals surface area contributed by atoms with Crippen LogP contribution in [-0.4, -0.2) is 97.9 Å². The van der Waals surface area contributed by atoms with Gasteiger partial charge >= 0.3 is 5.97 Å².